The first-order valence-electron chi connectivity index (χ1n) is 2.46. The van der Waals surface area contributed by atoms with Crippen molar-refractivity contribution in [2.24, 2.45) is 0 Å². The van der Waals surface area contributed by atoms with Crippen LogP contribution in [0, 0.1) is 0 Å². The Balaban J connectivity index is 3.56. The molecule has 0 aromatic carbocycles. The molecule has 0 spiro atoms. The summed E-state index contributed by atoms with van der Waals surface area (Å²) in [5, 5.41) is 8.27. The quantitative estimate of drug-likeness (QED) is 0.551. The zero-order valence-corrected chi connectivity index (χ0v) is 5.14. The number of carbonyl (C=O) groups excluding carboxylic acids is 1. The van der Waals surface area contributed by atoms with E-state index < -0.39 is 0 Å². The molecule has 0 atom stereocenters. The van der Waals surface area contributed by atoms with Crippen LogP contribution < -0.4 is 0 Å². The minimum atomic E-state index is 0.0767. The van der Waals surface area contributed by atoms with Crippen LogP contribution >= 0.6 is 0 Å². The van der Waals surface area contributed by atoms with E-state index in [-0.39, 0.29) is 5.78 Å². The summed E-state index contributed by atoms with van der Waals surface area (Å²) >= 11 is 0. The van der Waals surface area contributed by atoms with Crippen LogP contribution in [0.15, 0.2) is 11.8 Å². The standard InChI is InChI=1S/C6H10O2/c1-5(4-7)3-6(2)8/h4,7H,3H2,1-2H3/b5-4+. The van der Waals surface area contributed by atoms with Crippen LogP contribution in [0.25, 0.3) is 0 Å². The minimum absolute atomic E-state index is 0.0767. The van der Waals surface area contributed by atoms with Crippen LogP contribution in [0.1, 0.15) is 20.3 Å². The van der Waals surface area contributed by atoms with E-state index in [1.165, 1.54) is 6.92 Å². The third kappa shape index (κ3) is 3.40. The lowest BCUT2D eigenvalue weighted by Crippen LogP contribution is -1.89. The maximum atomic E-state index is 10.3. The first-order chi connectivity index (χ1) is 3.66. The average Bonchev–Trinajstić information content (AvgIpc) is 1.65. The number of ketones is 1. The van der Waals surface area contributed by atoms with Crippen molar-refractivity contribution in [3.05, 3.63) is 11.8 Å². The third-order valence-electron chi connectivity index (χ3n) is 0.748. The van der Waals surface area contributed by atoms with Gasteiger partial charge in [-0.15, -0.1) is 0 Å². The number of allylic oxidation sites excluding steroid dienone is 1. The third-order valence-corrected chi connectivity index (χ3v) is 0.748. The molecule has 2 nitrogen and oxygen atoms in total. The van der Waals surface area contributed by atoms with Gasteiger partial charge >= 0.3 is 0 Å². The molecule has 0 saturated heterocycles. The smallest absolute Gasteiger partial charge is 0.133 e. The summed E-state index contributed by atoms with van der Waals surface area (Å²) in [7, 11) is 0. The maximum Gasteiger partial charge on any atom is 0.133 e. The van der Waals surface area contributed by atoms with E-state index in [0.29, 0.717) is 12.0 Å². The Hall–Kier alpha value is -0.790. The highest BCUT2D eigenvalue weighted by Crippen LogP contribution is 1.96. The topological polar surface area (TPSA) is 37.3 Å². The second kappa shape index (κ2) is 3.24. The Labute approximate surface area is 48.8 Å². The Morgan fingerprint density at radius 2 is 2.12 bits per heavy atom. The highest BCUT2D eigenvalue weighted by atomic mass is 16.2. The van der Waals surface area contributed by atoms with E-state index in [1.807, 2.05) is 0 Å². The van der Waals surface area contributed by atoms with Crippen LogP contribution in [-0.4, -0.2) is 10.9 Å². The average molecular weight is 114 g/mol. The largest absolute Gasteiger partial charge is 0.516 e. The molecule has 46 valence electrons. The predicted octanol–water partition coefficient (Wildman–Crippen LogP) is 1.43. The molecule has 0 aliphatic rings. The molecule has 0 radical (unpaired) electrons. The Morgan fingerprint density at radius 3 is 2.25 bits per heavy atom. The molecule has 0 aliphatic carbocycles. The Morgan fingerprint density at radius 1 is 1.62 bits per heavy atom. The van der Waals surface area contributed by atoms with Crippen LogP contribution in [0.5, 0.6) is 0 Å². The number of hydrogen-bond acceptors (Lipinski definition) is 2. The second-order valence-corrected chi connectivity index (χ2v) is 1.85. The molecule has 1 N–H and O–H groups in total. The number of hydrogen-bond donors (Lipinski definition) is 1. The molecule has 8 heavy (non-hydrogen) atoms. The van der Waals surface area contributed by atoms with Gasteiger partial charge in [0.25, 0.3) is 0 Å². The van der Waals surface area contributed by atoms with Gasteiger partial charge in [0, 0.05) is 6.42 Å². The van der Waals surface area contributed by atoms with Gasteiger partial charge in [-0.3, -0.25) is 4.79 Å². The van der Waals surface area contributed by atoms with E-state index in [0.717, 1.165) is 6.26 Å². The van der Waals surface area contributed by atoms with E-state index in [2.05, 4.69) is 0 Å². The summed E-state index contributed by atoms with van der Waals surface area (Å²) in [4.78, 5) is 10.3. The van der Waals surface area contributed by atoms with Crippen molar-refractivity contribution in [1.29, 1.82) is 0 Å². The van der Waals surface area contributed by atoms with E-state index in [4.69, 9.17) is 5.11 Å². The second-order valence-electron chi connectivity index (χ2n) is 1.85. The van der Waals surface area contributed by atoms with Crippen molar-refractivity contribution in [2.45, 2.75) is 20.3 Å². The molecule has 0 rings (SSSR count). The van der Waals surface area contributed by atoms with Gasteiger partial charge in [-0.25, -0.2) is 0 Å². The summed E-state index contributed by atoms with van der Waals surface area (Å²) < 4.78 is 0. The lowest BCUT2D eigenvalue weighted by Gasteiger charge is -1.89. The van der Waals surface area contributed by atoms with Crippen molar-refractivity contribution in [2.75, 3.05) is 0 Å². The van der Waals surface area contributed by atoms with Crippen LogP contribution in [0.3, 0.4) is 0 Å². The molecule has 0 fully saturated rings. The van der Waals surface area contributed by atoms with Crippen molar-refractivity contribution >= 4 is 5.78 Å². The van der Waals surface area contributed by atoms with Crippen LogP contribution in [0.4, 0.5) is 0 Å². The monoisotopic (exact) mass is 114 g/mol. The van der Waals surface area contributed by atoms with E-state index >= 15 is 0 Å². The van der Waals surface area contributed by atoms with Crippen LogP contribution in [-0.2, 0) is 4.79 Å². The molecule has 0 heterocycles. The molecule has 0 amide bonds. The first kappa shape index (κ1) is 7.21. The molecular formula is C6H10O2. The molecular weight excluding hydrogens is 104 g/mol. The lowest BCUT2D eigenvalue weighted by atomic mass is 10.2. The van der Waals surface area contributed by atoms with Gasteiger partial charge < -0.3 is 5.11 Å². The van der Waals surface area contributed by atoms with E-state index in [9.17, 15) is 4.79 Å². The molecule has 0 aromatic rings. The van der Waals surface area contributed by atoms with Gasteiger partial charge in [0.1, 0.15) is 5.78 Å². The highest BCUT2D eigenvalue weighted by Gasteiger charge is 1.92. The van der Waals surface area contributed by atoms with E-state index in [1.54, 1.807) is 6.92 Å². The summed E-state index contributed by atoms with van der Waals surface area (Å²) in [6.45, 7) is 3.20. The number of carbonyl (C=O) groups is 1. The zero-order chi connectivity index (χ0) is 6.57. The first-order valence-corrected chi connectivity index (χ1v) is 2.46. The number of Topliss-reactive ketones (excluding diaryl/α,β-unsaturated/α-hetero) is 1. The number of rotatable bonds is 2. The van der Waals surface area contributed by atoms with Crippen molar-refractivity contribution < 1.29 is 9.90 Å². The van der Waals surface area contributed by atoms with Gasteiger partial charge in [-0.05, 0) is 19.4 Å². The van der Waals surface area contributed by atoms with Gasteiger partial charge in [0.05, 0.1) is 6.26 Å². The van der Waals surface area contributed by atoms with Crippen molar-refractivity contribution in [1.82, 2.24) is 0 Å². The lowest BCUT2D eigenvalue weighted by molar-refractivity contribution is -0.116. The Kier molecular flexibility index (Phi) is 2.92. The fraction of sp³-hybridized carbons (Fsp3) is 0.500. The summed E-state index contributed by atoms with van der Waals surface area (Å²) in [5.74, 6) is 0.0767. The fourth-order valence-electron chi connectivity index (χ4n) is 0.438. The molecule has 0 aliphatic heterocycles. The highest BCUT2D eigenvalue weighted by molar-refractivity contribution is 5.77. The van der Waals surface area contributed by atoms with Gasteiger partial charge in [-0.1, -0.05) is 0 Å². The SMILES string of the molecule is CC(=O)C/C(C)=C/O. The van der Waals surface area contributed by atoms with Gasteiger partial charge in [-0.2, -0.15) is 0 Å². The summed E-state index contributed by atoms with van der Waals surface area (Å²) in [6, 6.07) is 0. The molecule has 2 heteroatoms. The number of aliphatic hydroxyl groups is 1. The summed E-state index contributed by atoms with van der Waals surface area (Å²) in [5.41, 5.74) is 0.706. The van der Waals surface area contributed by atoms with Crippen molar-refractivity contribution in [3.63, 3.8) is 0 Å². The van der Waals surface area contributed by atoms with Crippen LogP contribution in [0.2, 0.25) is 0 Å². The van der Waals surface area contributed by atoms with Gasteiger partial charge in [0.15, 0.2) is 0 Å². The van der Waals surface area contributed by atoms with Gasteiger partial charge in [0.2, 0.25) is 0 Å². The number of aliphatic hydroxyl groups excluding tert-OH is 1. The Bertz CT molecular complexity index is 114. The normalized spacial score (nSPS) is 11.5. The predicted molar refractivity (Wildman–Crippen MR) is 31.7 cm³/mol. The fourth-order valence-corrected chi connectivity index (χ4v) is 0.438. The minimum Gasteiger partial charge on any atom is -0.516 e. The molecule has 0 unspecified atom stereocenters. The summed E-state index contributed by atoms with van der Waals surface area (Å²) in [6.07, 6.45) is 1.32. The van der Waals surface area contributed by atoms with Crippen molar-refractivity contribution in [3.8, 4) is 0 Å². The zero-order valence-electron chi connectivity index (χ0n) is 5.14. The molecule has 0 aromatic heterocycles. The molecule has 0 saturated carbocycles. The maximum absolute atomic E-state index is 10.3. The molecule has 0 bridgehead atoms.